The van der Waals surface area contributed by atoms with Gasteiger partial charge >= 0.3 is 11.9 Å². The summed E-state index contributed by atoms with van der Waals surface area (Å²) in [7, 11) is 0. The van der Waals surface area contributed by atoms with Crippen LogP contribution in [0, 0.1) is 11.8 Å². The van der Waals surface area contributed by atoms with E-state index in [0.29, 0.717) is 0 Å². The average molecular weight is 782 g/mol. The van der Waals surface area contributed by atoms with Gasteiger partial charge in [-0.15, -0.1) is 0 Å². The molecule has 7 N–H and O–H groups in total. The number of carbonyl (C=O) groups excluding carboxylic acids is 3. The Kier molecular flexibility index (Phi) is 15.2. The van der Waals surface area contributed by atoms with Gasteiger partial charge in [-0.2, -0.15) is 0 Å². The number of ether oxygens (including phenoxy) is 6. The summed E-state index contributed by atoms with van der Waals surface area (Å²) in [6, 6.07) is 6.90. The van der Waals surface area contributed by atoms with Crippen LogP contribution in [0.5, 0.6) is 0 Å². The fraction of sp³-hybridized carbons (Fsp3) is 0.737. The standard InChI is InChI=1S/C38H55NO16/c1-18(41)23-15-24(39-20(3)42)32(55-37-31(46)30(45)28(43)19(2)50-37)25(16-23)52-38-34(54-36(49)22-12-8-5-9-13-22)33(29(44)27(17-40)53-38)51-26(35(47)48)14-21-10-6-4-7-11-21/h5,8-9,12-13,19,21,23-34,37-38,40,43-46H,4,6-7,10-11,14-17H2,1-3H3,(H,39,42)(H,47,48)/t19?,23?,24?,25?,26-,27?,28?,29?,30?,31?,32?,33?,34?,37?,38?/m0/s1. The van der Waals surface area contributed by atoms with Gasteiger partial charge in [0.25, 0.3) is 0 Å². The molecule has 4 aliphatic rings. The molecule has 1 aromatic carbocycles. The largest absolute Gasteiger partial charge is 0.479 e. The molecule has 17 heteroatoms. The van der Waals surface area contributed by atoms with Crippen LogP contribution >= 0.6 is 0 Å². The molecule has 0 radical (unpaired) electrons. The van der Waals surface area contributed by atoms with Crippen LogP contribution in [0.15, 0.2) is 30.3 Å². The van der Waals surface area contributed by atoms with Gasteiger partial charge in [0.2, 0.25) is 5.91 Å². The fourth-order valence-electron chi connectivity index (χ4n) is 8.04. The quantitative estimate of drug-likeness (QED) is 0.124. The van der Waals surface area contributed by atoms with E-state index in [9.17, 15) is 49.8 Å². The first kappa shape index (κ1) is 43.0. The van der Waals surface area contributed by atoms with Gasteiger partial charge in [0, 0.05) is 12.8 Å². The van der Waals surface area contributed by atoms with Crippen molar-refractivity contribution in [2.75, 3.05) is 6.61 Å². The first-order chi connectivity index (χ1) is 26.2. The maximum absolute atomic E-state index is 13.6. The zero-order valence-corrected chi connectivity index (χ0v) is 31.3. The molecule has 308 valence electrons. The van der Waals surface area contributed by atoms with Crippen molar-refractivity contribution >= 4 is 23.6 Å². The van der Waals surface area contributed by atoms with E-state index in [1.165, 1.54) is 32.9 Å². The number of esters is 1. The molecule has 14 unspecified atom stereocenters. The molecule has 1 amide bonds. The molecule has 55 heavy (non-hydrogen) atoms. The summed E-state index contributed by atoms with van der Waals surface area (Å²) in [5.74, 6) is -3.61. The van der Waals surface area contributed by atoms with Gasteiger partial charge in [-0.05, 0) is 51.2 Å². The second-order valence-electron chi connectivity index (χ2n) is 15.2. The molecule has 15 atom stereocenters. The predicted octanol–water partition coefficient (Wildman–Crippen LogP) is 0.201. The molecule has 2 aliphatic carbocycles. The first-order valence-corrected chi connectivity index (χ1v) is 19.0. The van der Waals surface area contributed by atoms with Gasteiger partial charge in [-0.3, -0.25) is 9.59 Å². The molecule has 2 saturated carbocycles. The molecule has 2 heterocycles. The summed E-state index contributed by atoms with van der Waals surface area (Å²) >= 11 is 0. The first-order valence-electron chi connectivity index (χ1n) is 19.0. The Balaban J connectivity index is 1.52. The van der Waals surface area contributed by atoms with Crippen molar-refractivity contribution < 1.29 is 78.2 Å². The molecule has 2 aliphatic heterocycles. The minimum absolute atomic E-state index is 0.0342. The Labute approximate surface area is 319 Å². The number of rotatable bonds is 14. The van der Waals surface area contributed by atoms with Crippen LogP contribution in [-0.2, 0) is 42.8 Å². The van der Waals surface area contributed by atoms with Crippen molar-refractivity contribution in [3.63, 3.8) is 0 Å². The van der Waals surface area contributed by atoms with E-state index < -0.39 is 116 Å². The average Bonchev–Trinajstić information content (AvgIpc) is 3.16. The third-order valence-corrected chi connectivity index (χ3v) is 11.1. The molecular weight excluding hydrogens is 726 g/mol. The van der Waals surface area contributed by atoms with Gasteiger partial charge in [-0.1, -0.05) is 50.3 Å². The minimum atomic E-state index is -1.75. The number of aliphatic hydroxyl groups is 5. The number of carboxylic acid groups (broad SMARTS) is 1. The Morgan fingerprint density at radius 3 is 2.15 bits per heavy atom. The van der Waals surface area contributed by atoms with Gasteiger partial charge in [0.1, 0.15) is 48.5 Å². The lowest BCUT2D eigenvalue weighted by molar-refractivity contribution is -0.347. The van der Waals surface area contributed by atoms with E-state index in [-0.39, 0.29) is 36.5 Å². The van der Waals surface area contributed by atoms with E-state index >= 15 is 0 Å². The van der Waals surface area contributed by atoms with Crippen LogP contribution in [0.1, 0.15) is 82.5 Å². The minimum Gasteiger partial charge on any atom is -0.479 e. The number of carbonyl (C=O) groups is 4. The zero-order valence-electron chi connectivity index (χ0n) is 31.3. The maximum atomic E-state index is 13.6. The molecule has 1 aromatic rings. The van der Waals surface area contributed by atoms with Gasteiger partial charge in [0.05, 0.1) is 30.4 Å². The van der Waals surface area contributed by atoms with Crippen LogP contribution in [-0.4, -0.2) is 147 Å². The lowest BCUT2D eigenvalue weighted by Gasteiger charge is -2.48. The van der Waals surface area contributed by atoms with Crippen LogP contribution in [0.2, 0.25) is 0 Å². The molecular formula is C38H55NO16. The number of amides is 1. The Bertz CT molecular complexity index is 1440. The molecule has 0 spiro atoms. The van der Waals surface area contributed by atoms with Crippen molar-refractivity contribution in [1.82, 2.24) is 5.32 Å². The number of carboxylic acids is 1. The molecule has 4 fully saturated rings. The topological polar surface area (TPSA) is 257 Å². The number of ketones is 1. The maximum Gasteiger partial charge on any atom is 0.338 e. The SMILES string of the molecule is CC(=O)NC1CC(C(C)=O)CC(OC2OC(CO)C(O)C(O[C@@H](CC3CCCCC3)C(=O)O)C2OC(=O)c2ccccc2)C1OC1OC(C)C(O)C(O)C1O. The number of aliphatic hydroxyl groups excluding tert-OH is 5. The number of benzene rings is 1. The smallest absolute Gasteiger partial charge is 0.338 e. The summed E-state index contributed by atoms with van der Waals surface area (Å²) < 4.78 is 36.6. The van der Waals surface area contributed by atoms with Gasteiger partial charge < -0.3 is 64.4 Å². The van der Waals surface area contributed by atoms with Gasteiger partial charge in [0.15, 0.2) is 24.8 Å². The highest BCUT2D eigenvalue weighted by Gasteiger charge is 2.54. The summed E-state index contributed by atoms with van der Waals surface area (Å²) in [5.41, 5.74) is 0.107. The van der Waals surface area contributed by atoms with Crippen LogP contribution in [0.3, 0.4) is 0 Å². The van der Waals surface area contributed by atoms with E-state index in [0.717, 1.165) is 32.1 Å². The third kappa shape index (κ3) is 10.7. The summed E-state index contributed by atoms with van der Waals surface area (Å²) in [6.07, 6.45) is -14.7. The lowest BCUT2D eigenvalue weighted by Crippen LogP contribution is -2.65. The molecule has 2 saturated heterocycles. The number of Topliss-reactive ketones (excluding diaryl/α,β-unsaturated/α-hetero) is 1. The Hall–Kier alpha value is -3.10. The highest BCUT2D eigenvalue weighted by atomic mass is 16.7. The van der Waals surface area contributed by atoms with Crippen molar-refractivity contribution in [2.24, 2.45) is 11.8 Å². The summed E-state index contributed by atoms with van der Waals surface area (Å²) in [5, 5.41) is 66.6. The fourth-order valence-corrected chi connectivity index (χ4v) is 8.04. The normalized spacial score (nSPS) is 37.7. The molecule has 0 aromatic heterocycles. The van der Waals surface area contributed by atoms with Crippen LogP contribution in [0.25, 0.3) is 0 Å². The number of hydrogen-bond donors (Lipinski definition) is 7. The van der Waals surface area contributed by atoms with Crippen molar-refractivity contribution in [3.8, 4) is 0 Å². The molecule has 17 nitrogen and oxygen atoms in total. The number of aliphatic carboxylic acids is 1. The zero-order chi connectivity index (χ0) is 40.0. The molecule has 0 bridgehead atoms. The van der Waals surface area contributed by atoms with Crippen molar-refractivity contribution in [1.29, 1.82) is 0 Å². The third-order valence-electron chi connectivity index (χ3n) is 11.1. The summed E-state index contributed by atoms with van der Waals surface area (Å²) in [4.78, 5) is 51.6. The number of nitrogens with one attached hydrogen (secondary N) is 1. The van der Waals surface area contributed by atoms with E-state index in [1.54, 1.807) is 18.2 Å². The van der Waals surface area contributed by atoms with Crippen LogP contribution in [0.4, 0.5) is 0 Å². The Morgan fingerprint density at radius 2 is 1.53 bits per heavy atom. The van der Waals surface area contributed by atoms with E-state index in [2.05, 4.69) is 5.32 Å². The number of hydrogen-bond acceptors (Lipinski definition) is 15. The predicted molar refractivity (Wildman–Crippen MR) is 188 cm³/mol. The van der Waals surface area contributed by atoms with Crippen LogP contribution < -0.4 is 5.32 Å². The second kappa shape index (κ2) is 19.4. The van der Waals surface area contributed by atoms with E-state index in [4.69, 9.17) is 28.4 Å². The highest BCUT2D eigenvalue weighted by Crippen LogP contribution is 2.38. The van der Waals surface area contributed by atoms with Gasteiger partial charge in [-0.25, -0.2) is 9.59 Å². The van der Waals surface area contributed by atoms with Crippen molar-refractivity contribution in [2.45, 2.75) is 158 Å². The second-order valence-corrected chi connectivity index (χ2v) is 15.2. The monoisotopic (exact) mass is 781 g/mol. The Morgan fingerprint density at radius 1 is 0.836 bits per heavy atom. The van der Waals surface area contributed by atoms with Crippen molar-refractivity contribution in [3.05, 3.63) is 35.9 Å². The summed E-state index contributed by atoms with van der Waals surface area (Å²) in [6.45, 7) is 3.30. The lowest BCUT2D eigenvalue weighted by atomic mass is 9.79. The highest BCUT2D eigenvalue weighted by molar-refractivity contribution is 5.89. The molecule has 5 rings (SSSR count). The van der Waals surface area contributed by atoms with E-state index in [1.807, 2.05) is 0 Å².